The van der Waals surface area contributed by atoms with Gasteiger partial charge in [-0.25, -0.2) is 9.18 Å². The van der Waals surface area contributed by atoms with Crippen LogP contribution >= 0.6 is 0 Å². The van der Waals surface area contributed by atoms with Crippen molar-refractivity contribution in [1.29, 1.82) is 0 Å². The van der Waals surface area contributed by atoms with Crippen molar-refractivity contribution in [3.05, 3.63) is 65.5 Å². The quantitative estimate of drug-likeness (QED) is 0.744. The first-order chi connectivity index (χ1) is 12.5. The fraction of sp³-hybridized carbons (Fsp3) is 0.211. The Morgan fingerprint density at radius 2 is 1.81 bits per heavy atom. The van der Waals surface area contributed by atoms with Gasteiger partial charge < -0.3 is 15.4 Å². The summed E-state index contributed by atoms with van der Waals surface area (Å²) in [4.78, 5) is 35.7. The fourth-order valence-corrected chi connectivity index (χ4v) is 2.25. The number of esters is 1. The molecule has 136 valence electrons. The molecule has 2 rings (SSSR count). The highest BCUT2D eigenvalue weighted by molar-refractivity contribution is 6.02. The Hall–Kier alpha value is -3.22. The molecule has 0 aliphatic heterocycles. The molecule has 0 spiro atoms. The zero-order valence-electron chi connectivity index (χ0n) is 14.3. The molecule has 0 saturated carbocycles. The van der Waals surface area contributed by atoms with Gasteiger partial charge in [0, 0.05) is 0 Å². The standard InChI is InChI=1S/C19H19FN2O4/c1-2-26-19(25)15-8-3-4-9-16(15)22-18(24)12-21-17(23)11-13-6-5-7-14(20)10-13/h3-10H,2,11-12H2,1H3,(H,21,23)(H,22,24). The van der Waals surface area contributed by atoms with Gasteiger partial charge in [0.1, 0.15) is 5.82 Å². The minimum Gasteiger partial charge on any atom is -0.462 e. The van der Waals surface area contributed by atoms with Crippen LogP contribution in [-0.4, -0.2) is 30.9 Å². The molecule has 0 radical (unpaired) electrons. The number of para-hydroxylation sites is 1. The number of carbonyl (C=O) groups is 3. The summed E-state index contributed by atoms with van der Waals surface area (Å²) < 4.78 is 18.0. The molecule has 0 aliphatic rings. The van der Waals surface area contributed by atoms with E-state index in [0.717, 1.165) is 0 Å². The van der Waals surface area contributed by atoms with Crippen LogP contribution in [0.25, 0.3) is 0 Å². The third-order valence-electron chi connectivity index (χ3n) is 3.40. The summed E-state index contributed by atoms with van der Waals surface area (Å²) >= 11 is 0. The minimum atomic E-state index is -0.543. The number of amides is 2. The summed E-state index contributed by atoms with van der Waals surface area (Å²) in [5.41, 5.74) is 1.04. The van der Waals surface area contributed by atoms with E-state index in [1.54, 1.807) is 31.2 Å². The number of benzene rings is 2. The number of rotatable bonds is 7. The second-order valence-corrected chi connectivity index (χ2v) is 5.40. The summed E-state index contributed by atoms with van der Waals surface area (Å²) in [5, 5.41) is 5.02. The number of nitrogens with one attached hydrogen (secondary N) is 2. The van der Waals surface area contributed by atoms with Gasteiger partial charge in [-0.05, 0) is 36.8 Å². The molecule has 2 aromatic rings. The maximum atomic E-state index is 13.1. The van der Waals surface area contributed by atoms with Crippen molar-refractivity contribution in [1.82, 2.24) is 5.32 Å². The van der Waals surface area contributed by atoms with E-state index in [0.29, 0.717) is 11.3 Å². The largest absolute Gasteiger partial charge is 0.462 e. The van der Waals surface area contributed by atoms with E-state index in [4.69, 9.17) is 4.74 Å². The Balaban J connectivity index is 1.89. The maximum Gasteiger partial charge on any atom is 0.340 e. The Bertz CT molecular complexity index is 808. The van der Waals surface area contributed by atoms with Gasteiger partial charge in [-0.1, -0.05) is 24.3 Å². The molecular weight excluding hydrogens is 339 g/mol. The van der Waals surface area contributed by atoms with Crippen molar-refractivity contribution >= 4 is 23.5 Å². The Morgan fingerprint density at radius 3 is 2.54 bits per heavy atom. The molecule has 2 N–H and O–H groups in total. The first kappa shape index (κ1) is 19.1. The van der Waals surface area contributed by atoms with E-state index in [-0.39, 0.29) is 25.1 Å². The van der Waals surface area contributed by atoms with Crippen LogP contribution < -0.4 is 10.6 Å². The lowest BCUT2D eigenvalue weighted by atomic mass is 10.1. The zero-order chi connectivity index (χ0) is 18.9. The third-order valence-corrected chi connectivity index (χ3v) is 3.40. The summed E-state index contributed by atoms with van der Waals surface area (Å²) in [7, 11) is 0. The summed E-state index contributed by atoms with van der Waals surface area (Å²) in [6.07, 6.45) is -0.0372. The number of hydrogen-bond acceptors (Lipinski definition) is 4. The first-order valence-corrected chi connectivity index (χ1v) is 8.06. The lowest BCUT2D eigenvalue weighted by molar-refractivity contribution is -0.123. The van der Waals surface area contributed by atoms with Crippen LogP contribution in [0.15, 0.2) is 48.5 Å². The predicted octanol–water partition coefficient (Wildman–Crippen LogP) is 2.30. The Labute approximate surface area is 150 Å². The second kappa shape index (κ2) is 9.31. The normalized spacial score (nSPS) is 10.1. The van der Waals surface area contributed by atoms with E-state index in [2.05, 4.69) is 10.6 Å². The SMILES string of the molecule is CCOC(=O)c1ccccc1NC(=O)CNC(=O)Cc1cccc(F)c1. The van der Waals surface area contributed by atoms with E-state index in [1.165, 1.54) is 24.3 Å². The van der Waals surface area contributed by atoms with Gasteiger partial charge in [-0.3, -0.25) is 9.59 Å². The molecule has 0 atom stereocenters. The lowest BCUT2D eigenvalue weighted by Crippen LogP contribution is -2.34. The van der Waals surface area contributed by atoms with Crippen LogP contribution in [0.4, 0.5) is 10.1 Å². The average molecular weight is 358 g/mol. The number of hydrogen-bond donors (Lipinski definition) is 2. The van der Waals surface area contributed by atoms with Crippen LogP contribution in [0.1, 0.15) is 22.8 Å². The zero-order valence-corrected chi connectivity index (χ0v) is 14.3. The summed E-state index contributed by atoms with van der Waals surface area (Å²) in [6.45, 7) is 1.63. The lowest BCUT2D eigenvalue weighted by Gasteiger charge is -2.11. The summed E-state index contributed by atoms with van der Waals surface area (Å²) in [6, 6.07) is 12.1. The first-order valence-electron chi connectivity index (χ1n) is 8.06. The Kier molecular flexibility index (Phi) is 6.84. The smallest absolute Gasteiger partial charge is 0.340 e. The molecule has 0 bridgehead atoms. The molecule has 2 aromatic carbocycles. The van der Waals surface area contributed by atoms with Crippen molar-refractivity contribution in [2.24, 2.45) is 0 Å². The fourth-order valence-electron chi connectivity index (χ4n) is 2.25. The molecule has 2 amide bonds. The monoisotopic (exact) mass is 358 g/mol. The minimum absolute atomic E-state index is 0.0372. The van der Waals surface area contributed by atoms with E-state index >= 15 is 0 Å². The number of halogens is 1. The third kappa shape index (κ3) is 5.70. The van der Waals surface area contributed by atoms with Gasteiger partial charge in [0.25, 0.3) is 0 Å². The van der Waals surface area contributed by atoms with Gasteiger partial charge in [0.05, 0.1) is 30.8 Å². The second-order valence-electron chi connectivity index (χ2n) is 5.40. The summed E-state index contributed by atoms with van der Waals surface area (Å²) in [5.74, 6) is -1.87. The highest BCUT2D eigenvalue weighted by atomic mass is 19.1. The van der Waals surface area contributed by atoms with E-state index in [9.17, 15) is 18.8 Å². The number of carbonyl (C=O) groups excluding carboxylic acids is 3. The van der Waals surface area contributed by atoms with Gasteiger partial charge in [-0.2, -0.15) is 0 Å². The number of ether oxygens (including phenoxy) is 1. The molecule has 0 heterocycles. The molecule has 0 unspecified atom stereocenters. The van der Waals surface area contributed by atoms with Crippen molar-refractivity contribution in [2.45, 2.75) is 13.3 Å². The van der Waals surface area contributed by atoms with Crippen LogP contribution in [0, 0.1) is 5.82 Å². The van der Waals surface area contributed by atoms with Gasteiger partial charge in [0.2, 0.25) is 11.8 Å². The number of anilines is 1. The molecule has 0 saturated heterocycles. The molecule has 0 aromatic heterocycles. The van der Waals surface area contributed by atoms with Crippen molar-refractivity contribution in [3.63, 3.8) is 0 Å². The highest BCUT2D eigenvalue weighted by Gasteiger charge is 2.14. The van der Waals surface area contributed by atoms with Gasteiger partial charge in [-0.15, -0.1) is 0 Å². The van der Waals surface area contributed by atoms with Crippen molar-refractivity contribution in [3.8, 4) is 0 Å². The average Bonchev–Trinajstić information content (AvgIpc) is 2.61. The van der Waals surface area contributed by atoms with E-state index < -0.39 is 23.6 Å². The molecule has 6 nitrogen and oxygen atoms in total. The van der Waals surface area contributed by atoms with Crippen LogP contribution in [0.5, 0.6) is 0 Å². The maximum absolute atomic E-state index is 13.1. The van der Waals surface area contributed by atoms with Crippen LogP contribution in [0.3, 0.4) is 0 Å². The highest BCUT2D eigenvalue weighted by Crippen LogP contribution is 2.16. The van der Waals surface area contributed by atoms with Crippen molar-refractivity contribution in [2.75, 3.05) is 18.5 Å². The van der Waals surface area contributed by atoms with Gasteiger partial charge in [0.15, 0.2) is 0 Å². The van der Waals surface area contributed by atoms with Crippen LogP contribution in [-0.2, 0) is 20.7 Å². The molecule has 26 heavy (non-hydrogen) atoms. The van der Waals surface area contributed by atoms with Gasteiger partial charge >= 0.3 is 5.97 Å². The molecule has 0 aliphatic carbocycles. The molecule has 0 fully saturated rings. The predicted molar refractivity (Wildman–Crippen MR) is 94.1 cm³/mol. The van der Waals surface area contributed by atoms with E-state index in [1.807, 2.05) is 0 Å². The topological polar surface area (TPSA) is 84.5 Å². The van der Waals surface area contributed by atoms with Crippen molar-refractivity contribution < 1.29 is 23.5 Å². The molecular formula is C19H19FN2O4. The molecule has 7 heteroatoms. The van der Waals surface area contributed by atoms with Crippen LogP contribution in [0.2, 0.25) is 0 Å². The Morgan fingerprint density at radius 1 is 1.04 bits per heavy atom.